The molecular formula is C19H24FN3. The van der Waals surface area contributed by atoms with Gasteiger partial charge < -0.3 is 5.32 Å². The minimum atomic E-state index is -0.340. The monoisotopic (exact) mass is 313 g/mol. The summed E-state index contributed by atoms with van der Waals surface area (Å²) in [6.45, 7) is 9.57. The first kappa shape index (κ1) is 18.6. The molecule has 0 saturated heterocycles. The first-order valence-electron chi connectivity index (χ1n) is 7.63. The summed E-state index contributed by atoms with van der Waals surface area (Å²) in [5.74, 6) is -0.340. The number of aliphatic imine (C=N–C) groups is 1. The van der Waals surface area contributed by atoms with E-state index in [1.165, 1.54) is 6.08 Å². The topological polar surface area (TPSA) is 48.2 Å². The molecule has 0 aromatic rings. The summed E-state index contributed by atoms with van der Waals surface area (Å²) in [7, 11) is 0. The van der Waals surface area contributed by atoms with Crippen molar-refractivity contribution < 1.29 is 4.39 Å². The predicted molar refractivity (Wildman–Crippen MR) is 97.6 cm³/mol. The van der Waals surface area contributed by atoms with Crippen LogP contribution in [-0.4, -0.2) is 18.0 Å². The lowest BCUT2D eigenvalue weighted by atomic mass is 10.0. The quantitative estimate of drug-likeness (QED) is 0.515. The molecule has 0 aromatic carbocycles. The highest BCUT2D eigenvalue weighted by Gasteiger charge is 2.09. The van der Waals surface area contributed by atoms with Gasteiger partial charge in [-0.1, -0.05) is 31.7 Å². The van der Waals surface area contributed by atoms with Gasteiger partial charge in [0.2, 0.25) is 0 Å². The molecule has 0 atom stereocenters. The molecule has 0 fully saturated rings. The standard InChI is InChI=1S/C19H24FN3/c1-5-8-11-22-19-12-15(9-10-17(19)21)13-23-18(7-3)14(4)16(20)6-2/h6-12,21,23H,2,5,13H2,1,3-4H3/b11-8-,16-14+,18-7+,21-17?,22-19?. The molecule has 0 saturated carbocycles. The van der Waals surface area contributed by atoms with Crippen molar-refractivity contribution in [3.63, 3.8) is 0 Å². The van der Waals surface area contributed by atoms with Crippen molar-refractivity contribution >= 4 is 11.4 Å². The highest BCUT2D eigenvalue weighted by Crippen LogP contribution is 2.15. The molecule has 2 N–H and O–H groups in total. The fourth-order valence-corrected chi connectivity index (χ4v) is 1.96. The van der Waals surface area contributed by atoms with Gasteiger partial charge in [0.25, 0.3) is 0 Å². The molecule has 0 radical (unpaired) electrons. The van der Waals surface area contributed by atoms with E-state index in [1.54, 1.807) is 19.2 Å². The third-order valence-electron chi connectivity index (χ3n) is 3.33. The van der Waals surface area contributed by atoms with E-state index in [0.717, 1.165) is 17.7 Å². The fourth-order valence-electron chi connectivity index (χ4n) is 1.96. The van der Waals surface area contributed by atoms with E-state index in [-0.39, 0.29) is 5.83 Å². The Hall–Kier alpha value is -2.49. The molecule has 0 aliphatic heterocycles. The first-order chi connectivity index (χ1) is 11.0. The van der Waals surface area contributed by atoms with Crippen molar-refractivity contribution in [1.29, 1.82) is 5.41 Å². The Morgan fingerprint density at radius 3 is 2.78 bits per heavy atom. The van der Waals surface area contributed by atoms with Gasteiger partial charge in [-0.2, -0.15) is 0 Å². The van der Waals surface area contributed by atoms with Crippen LogP contribution in [0.25, 0.3) is 0 Å². The van der Waals surface area contributed by atoms with Crippen molar-refractivity contribution in [2.45, 2.75) is 27.2 Å². The van der Waals surface area contributed by atoms with E-state index in [1.807, 2.05) is 38.2 Å². The van der Waals surface area contributed by atoms with E-state index < -0.39 is 0 Å². The highest BCUT2D eigenvalue weighted by atomic mass is 19.1. The number of hydrogen-bond donors (Lipinski definition) is 2. The van der Waals surface area contributed by atoms with Crippen LogP contribution in [0.15, 0.2) is 76.9 Å². The average Bonchev–Trinajstić information content (AvgIpc) is 2.57. The van der Waals surface area contributed by atoms with E-state index in [4.69, 9.17) is 5.41 Å². The van der Waals surface area contributed by atoms with Crippen LogP contribution in [0.2, 0.25) is 0 Å². The number of hydrogen-bond acceptors (Lipinski definition) is 3. The zero-order valence-electron chi connectivity index (χ0n) is 14.0. The fraction of sp³-hybridized carbons (Fsp3) is 0.263. The Labute approximate surface area is 137 Å². The molecule has 1 aliphatic rings. The Balaban J connectivity index is 2.84. The Morgan fingerprint density at radius 1 is 1.43 bits per heavy atom. The molecule has 0 amide bonds. The molecule has 3 nitrogen and oxygen atoms in total. The lowest BCUT2D eigenvalue weighted by Crippen LogP contribution is -2.20. The zero-order valence-corrected chi connectivity index (χ0v) is 14.0. The molecule has 4 heteroatoms. The molecule has 0 unspecified atom stereocenters. The van der Waals surface area contributed by atoms with Gasteiger partial charge in [0.1, 0.15) is 5.83 Å². The molecule has 1 aliphatic carbocycles. The van der Waals surface area contributed by atoms with Crippen LogP contribution in [0.5, 0.6) is 0 Å². The SMILES string of the molecule is C=C/C(F)=C(C)\C(=C/C)NCC1=CC(=N/C=C\CC)C(=N)C=C1. The van der Waals surface area contributed by atoms with Gasteiger partial charge in [-0.25, -0.2) is 4.39 Å². The van der Waals surface area contributed by atoms with Gasteiger partial charge in [0.05, 0.1) is 11.4 Å². The van der Waals surface area contributed by atoms with E-state index in [9.17, 15) is 4.39 Å². The summed E-state index contributed by atoms with van der Waals surface area (Å²) in [6, 6.07) is 0. The van der Waals surface area contributed by atoms with Crippen molar-refractivity contribution in [3.05, 3.63) is 71.9 Å². The maximum atomic E-state index is 13.6. The minimum absolute atomic E-state index is 0.340. The summed E-state index contributed by atoms with van der Waals surface area (Å²) < 4.78 is 13.6. The summed E-state index contributed by atoms with van der Waals surface area (Å²) in [5, 5.41) is 11.1. The van der Waals surface area contributed by atoms with E-state index >= 15 is 0 Å². The molecule has 1 rings (SSSR count). The molecule has 0 aromatic heterocycles. The molecular weight excluding hydrogens is 289 g/mol. The van der Waals surface area contributed by atoms with Crippen molar-refractivity contribution in [1.82, 2.24) is 5.32 Å². The second-order valence-electron chi connectivity index (χ2n) is 5.01. The van der Waals surface area contributed by atoms with Gasteiger partial charge in [0.15, 0.2) is 0 Å². The van der Waals surface area contributed by atoms with Crippen LogP contribution in [0, 0.1) is 5.41 Å². The van der Waals surface area contributed by atoms with Crippen molar-refractivity contribution in [2.75, 3.05) is 6.54 Å². The third kappa shape index (κ3) is 5.66. The highest BCUT2D eigenvalue weighted by molar-refractivity contribution is 6.50. The smallest absolute Gasteiger partial charge is 0.127 e. The Morgan fingerprint density at radius 2 is 2.17 bits per heavy atom. The van der Waals surface area contributed by atoms with E-state index in [0.29, 0.717) is 23.5 Å². The number of allylic oxidation sites excluding steroid dienone is 7. The third-order valence-corrected chi connectivity index (χ3v) is 3.33. The molecule has 23 heavy (non-hydrogen) atoms. The minimum Gasteiger partial charge on any atom is -0.381 e. The summed E-state index contributed by atoms with van der Waals surface area (Å²) in [5.41, 5.74) is 3.24. The molecule has 0 bridgehead atoms. The number of nitrogens with one attached hydrogen (secondary N) is 2. The first-order valence-corrected chi connectivity index (χ1v) is 7.63. The van der Waals surface area contributed by atoms with Crippen LogP contribution >= 0.6 is 0 Å². The summed E-state index contributed by atoms with van der Waals surface area (Å²) in [4.78, 5) is 4.29. The Kier molecular flexibility index (Phi) is 7.67. The van der Waals surface area contributed by atoms with Crippen molar-refractivity contribution in [2.24, 2.45) is 4.99 Å². The van der Waals surface area contributed by atoms with Gasteiger partial charge >= 0.3 is 0 Å². The van der Waals surface area contributed by atoms with E-state index in [2.05, 4.69) is 16.9 Å². The second kappa shape index (κ2) is 9.51. The maximum absolute atomic E-state index is 13.6. The van der Waals surface area contributed by atoms with Crippen LogP contribution < -0.4 is 5.32 Å². The lowest BCUT2D eigenvalue weighted by molar-refractivity contribution is 0.652. The van der Waals surface area contributed by atoms with Gasteiger partial charge in [0, 0.05) is 24.0 Å². The zero-order chi connectivity index (χ0) is 17.2. The molecule has 122 valence electrons. The average molecular weight is 313 g/mol. The molecule has 0 spiro atoms. The van der Waals surface area contributed by atoms with Crippen molar-refractivity contribution in [3.8, 4) is 0 Å². The van der Waals surface area contributed by atoms with Crippen LogP contribution in [0.3, 0.4) is 0 Å². The van der Waals surface area contributed by atoms with Gasteiger partial charge in [-0.15, -0.1) is 0 Å². The molecule has 0 heterocycles. The Bertz CT molecular complexity index is 644. The largest absolute Gasteiger partial charge is 0.381 e. The second-order valence-corrected chi connectivity index (χ2v) is 5.01. The predicted octanol–water partition coefficient (Wildman–Crippen LogP) is 4.79. The lowest BCUT2D eigenvalue weighted by Gasteiger charge is -2.14. The maximum Gasteiger partial charge on any atom is 0.127 e. The number of nitrogens with zero attached hydrogens (tertiary/aromatic N) is 1. The van der Waals surface area contributed by atoms with Crippen LogP contribution in [0.4, 0.5) is 4.39 Å². The van der Waals surface area contributed by atoms with Gasteiger partial charge in [-0.05, 0) is 44.1 Å². The number of halogens is 1. The van der Waals surface area contributed by atoms with Crippen LogP contribution in [0.1, 0.15) is 27.2 Å². The summed E-state index contributed by atoms with van der Waals surface area (Å²) in [6.07, 6.45) is 13.0. The number of rotatable bonds is 7. The summed E-state index contributed by atoms with van der Waals surface area (Å²) >= 11 is 0. The normalized spacial score (nSPS) is 18.3. The van der Waals surface area contributed by atoms with Gasteiger partial charge in [-0.3, -0.25) is 10.4 Å². The van der Waals surface area contributed by atoms with Crippen LogP contribution in [-0.2, 0) is 0 Å².